The topological polar surface area (TPSA) is 48.3 Å². The second kappa shape index (κ2) is 7.18. The molecule has 122 valence electrons. The first kappa shape index (κ1) is 16.1. The third kappa shape index (κ3) is 4.14. The number of ether oxygens (including phenoxy) is 1. The van der Waals surface area contributed by atoms with Gasteiger partial charge < -0.3 is 9.30 Å². The van der Waals surface area contributed by atoms with Crippen molar-refractivity contribution in [2.45, 2.75) is 26.3 Å². The van der Waals surface area contributed by atoms with Crippen molar-refractivity contribution < 1.29 is 9.53 Å². The lowest BCUT2D eigenvalue weighted by atomic mass is 10.1. The molecule has 0 bridgehead atoms. The highest BCUT2D eigenvalue weighted by atomic mass is 16.5. The molecule has 24 heavy (non-hydrogen) atoms. The van der Waals surface area contributed by atoms with Crippen LogP contribution < -0.4 is 10.3 Å². The van der Waals surface area contributed by atoms with Gasteiger partial charge in [-0.25, -0.2) is 0 Å². The van der Waals surface area contributed by atoms with Crippen molar-refractivity contribution in [2.24, 2.45) is 5.92 Å². The Bertz CT molecular complexity index is 849. The maximum Gasteiger partial charge on any atom is 0.254 e. The largest absolute Gasteiger partial charge is 0.486 e. The smallest absolute Gasteiger partial charge is 0.254 e. The fourth-order valence-corrected chi connectivity index (χ4v) is 2.40. The molecule has 1 aliphatic rings. The summed E-state index contributed by atoms with van der Waals surface area (Å²) in [5.41, 5.74) is 2.69. The average Bonchev–Trinajstić information content (AvgIpc) is 3.40. The van der Waals surface area contributed by atoms with Gasteiger partial charge in [0.15, 0.2) is 6.29 Å². The van der Waals surface area contributed by atoms with Gasteiger partial charge in [-0.15, -0.1) is 0 Å². The third-order valence-electron chi connectivity index (χ3n) is 3.92. The van der Waals surface area contributed by atoms with Crippen molar-refractivity contribution in [3.05, 3.63) is 63.6 Å². The number of pyridine rings is 1. The molecule has 0 amide bonds. The molecule has 0 radical (unpaired) electrons. The molecule has 2 aromatic rings. The van der Waals surface area contributed by atoms with E-state index >= 15 is 0 Å². The molecule has 1 fully saturated rings. The van der Waals surface area contributed by atoms with E-state index in [1.807, 2.05) is 31.2 Å². The summed E-state index contributed by atoms with van der Waals surface area (Å²) >= 11 is 0. The quantitative estimate of drug-likeness (QED) is 0.628. The van der Waals surface area contributed by atoms with Crippen LogP contribution in [0.3, 0.4) is 0 Å². The van der Waals surface area contributed by atoms with Crippen LogP contribution in [0.1, 0.15) is 29.7 Å². The Hall–Kier alpha value is -2.80. The van der Waals surface area contributed by atoms with Gasteiger partial charge in [-0.1, -0.05) is 24.0 Å². The lowest BCUT2D eigenvalue weighted by Gasteiger charge is -2.12. The number of hydrogen-bond acceptors (Lipinski definition) is 3. The summed E-state index contributed by atoms with van der Waals surface area (Å²) in [6, 6.07) is 11.2. The van der Waals surface area contributed by atoms with Crippen LogP contribution in [0.2, 0.25) is 0 Å². The number of aryl methyl sites for hydroxylation is 1. The van der Waals surface area contributed by atoms with E-state index in [-0.39, 0.29) is 12.2 Å². The molecule has 0 N–H and O–H groups in total. The molecule has 4 nitrogen and oxygen atoms in total. The molecule has 0 unspecified atom stereocenters. The van der Waals surface area contributed by atoms with Crippen molar-refractivity contribution in [1.29, 1.82) is 0 Å². The van der Waals surface area contributed by atoms with Crippen molar-refractivity contribution >= 4 is 6.29 Å². The van der Waals surface area contributed by atoms with Crippen LogP contribution in [0.4, 0.5) is 0 Å². The molecule has 1 saturated carbocycles. The van der Waals surface area contributed by atoms with Crippen LogP contribution in [-0.2, 0) is 11.3 Å². The average molecular weight is 321 g/mol. The predicted octanol–water partition coefficient (Wildman–Crippen LogP) is 2.54. The molecule has 1 aromatic heterocycles. The molecular formula is C20H19NO3. The van der Waals surface area contributed by atoms with Crippen molar-refractivity contribution in [3.63, 3.8) is 0 Å². The summed E-state index contributed by atoms with van der Waals surface area (Å²) in [5.74, 6) is 7.43. The standard InChI is InChI=1S/C20H19NO3/c1-15-12-19(24-11-10-22)13-20(23)21(15)14-18-8-6-17(7-9-18)5-4-16-2-3-16/h6-10,12-13,16H,2-3,11,14H2,1H3. The van der Waals surface area contributed by atoms with E-state index in [4.69, 9.17) is 4.74 Å². The SMILES string of the molecule is Cc1cc(OCC=O)cc(=O)n1Cc1ccc(C#CC2CC2)cc1. The van der Waals surface area contributed by atoms with Crippen molar-refractivity contribution in [1.82, 2.24) is 4.57 Å². The van der Waals surface area contributed by atoms with Crippen LogP contribution in [0.5, 0.6) is 5.75 Å². The minimum atomic E-state index is -0.145. The minimum Gasteiger partial charge on any atom is -0.486 e. The zero-order valence-corrected chi connectivity index (χ0v) is 13.6. The molecule has 1 heterocycles. The van der Waals surface area contributed by atoms with E-state index in [2.05, 4.69) is 11.8 Å². The summed E-state index contributed by atoms with van der Waals surface area (Å²) in [6.45, 7) is 2.30. The van der Waals surface area contributed by atoms with Crippen molar-refractivity contribution in [2.75, 3.05) is 6.61 Å². The molecule has 3 rings (SSSR count). The van der Waals surface area contributed by atoms with Gasteiger partial charge >= 0.3 is 0 Å². The highest BCUT2D eigenvalue weighted by molar-refractivity contribution is 5.51. The van der Waals surface area contributed by atoms with Gasteiger partial charge in [0.2, 0.25) is 0 Å². The Kier molecular flexibility index (Phi) is 4.81. The Labute approximate surface area is 141 Å². The third-order valence-corrected chi connectivity index (χ3v) is 3.92. The first-order valence-electron chi connectivity index (χ1n) is 8.04. The first-order valence-corrected chi connectivity index (χ1v) is 8.04. The maximum absolute atomic E-state index is 12.3. The number of benzene rings is 1. The first-order chi connectivity index (χ1) is 11.7. The predicted molar refractivity (Wildman–Crippen MR) is 92.1 cm³/mol. The fourth-order valence-electron chi connectivity index (χ4n) is 2.40. The van der Waals surface area contributed by atoms with Gasteiger partial charge in [-0.05, 0) is 43.5 Å². The van der Waals surface area contributed by atoms with Gasteiger partial charge in [0.25, 0.3) is 5.56 Å². The van der Waals surface area contributed by atoms with Gasteiger partial charge in [0.1, 0.15) is 12.4 Å². The molecule has 0 saturated heterocycles. The monoisotopic (exact) mass is 321 g/mol. The van der Waals surface area contributed by atoms with Gasteiger partial charge in [-0.2, -0.15) is 0 Å². The summed E-state index contributed by atoms with van der Waals surface area (Å²) in [5, 5.41) is 0. The number of aromatic nitrogens is 1. The number of carbonyl (C=O) groups excluding carboxylic acids is 1. The van der Waals surface area contributed by atoms with Crippen LogP contribution in [-0.4, -0.2) is 17.5 Å². The molecule has 0 spiro atoms. The fraction of sp³-hybridized carbons (Fsp3) is 0.300. The van der Waals surface area contributed by atoms with Crippen molar-refractivity contribution in [3.8, 4) is 17.6 Å². The summed E-state index contributed by atoms with van der Waals surface area (Å²) in [4.78, 5) is 22.6. The van der Waals surface area contributed by atoms with Crippen LogP contribution in [0, 0.1) is 24.7 Å². The minimum absolute atomic E-state index is 0.0494. The Balaban J connectivity index is 1.74. The number of hydrogen-bond donors (Lipinski definition) is 0. The second-order valence-corrected chi connectivity index (χ2v) is 5.98. The molecule has 0 atom stereocenters. The summed E-state index contributed by atoms with van der Waals surface area (Å²) in [7, 11) is 0. The van der Waals surface area contributed by atoms with Gasteiger partial charge in [0, 0.05) is 23.2 Å². The lowest BCUT2D eigenvalue weighted by Crippen LogP contribution is -2.22. The Morgan fingerprint density at radius 1 is 1.25 bits per heavy atom. The molecule has 4 heteroatoms. The van der Waals surface area contributed by atoms with Crippen LogP contribution in [0.15, 0.2) is 41.2 Å². The van der Waals surface area contributed by atoms with E-state index < -0.39 is 0 Å². The van der Waals surface area contributed by atoms with E-state index in [1.54, 1.807) is 10.6 Å². The van der Waals surface area contributed by atoms with E-state index in [9.17, 15) is 9.59 Å². The molecule has 1 aliphatic carbocycles. The Morgan fingerprint density at radius 2 is 2.00 bits per heavy atom. The number of nitrogens with zero attached hydrogens (tertiary/aromatic N) is 1. The van der Waals surface area contributed by atoms with E-state index in [0.717, 1.165) is 16.8 Å². The summed E-state index contributed by atoms with van der Waals surface area (Å²) in [6.07, 6.45) is 3.11. The van der Waals surface area contributed by atoms with Crippen LogP contribution >= 0.6 is 0 Å². The van der Waals surface area contributed by atoms with Gasteiger partial charge in [0.05, 0.1) is 6.54 Å². The van der Waals surface area contributed by atoms with Gasteiger partial charge in [-0.3, -0.25) is 9.59 Å². The molecular weight excluding hydrogens is 302 g/mol. The molecule has 1 aromatic carbocycles. The number of carbonyl (C=O) groups is 1. The number of rotatable bonds is 5. The number of aldehydes is 1. The van der Waals surface area contributed by atoms with E-state index in [1.165, 1.54) is 18.9 Å². The summed E-state index contributed by atoms with van der Waals surface area (Å²) < 4.78 is 6.87. The normalized spacial score (nSPS) is 13.0. The zero-order valence-electron chi connectivity index (χ0n) is 13.6. The highest BCUT2D eigenvalue weighted by Crippen LogP contribution is 2.27. The van der Waals surface area contributed by atoms with Crippen LogP contribution in [0.25, 0.3) is 0 Å². The lowest BCUT2D eigenvalue weighted by molar-refractivity contribution is -0.109. The zero-order chi connectivity index (χ0) is 16.9. The Morgan fingerprint density at radius 3 is 2.62 bits per heavy atom. The molecule has 0 aliphatic heterocycles. The maximum atomic E-state index is 12.3. The second-order valence-electron chi connectivity index (χ2n) is 5.98. The highest BCUT2D eigenvalue weighted by Gasteiger charge is 2.17. The van der Waals surface area contributed by atoms with E-state index in [0.29, 0.717) is 24.5 Å².